The molecule has 0 bridgehead atoms. The first-order valence-electron chi connectivity index (χ1n) is 5.27. The Morgan fingerprint density at radius 1 is 1.35 bits per heavy atom. The predicted octanol–water partition coefficient (Wildman–Crippen LogP) is 2.92. The van der Waals surface area contributed by atoms with Crippen LogP contribution in [0, 0.1) is 6.92 Å². The van der Waals surface area contributed by atoms with Gasteiger partial charge < -0.3 is 0 Å². The summed E-state index contributed by atoms with van der Waals surface area (Å²) in [4.78, 5) is 17.4. The number of benzene rings is 1. The molecular formula is C13H13NO2S. The van der Waals surface area contributed by atoms with E-state index in [4.69, 9.17) is 4.84 Å². The average Bonchev–Trinajstić information content (AvgIpc) is 2.77. The molecule has 4 heteroatoms. The lowest BCUT2D eigenvalue weighted by molar-refractivity contribution is 0.0237. The van der Waals surface area contributed by atoms with Crippen LogP contribution < -0.4 is 5.48 Å². The average molecular weight is 247 g/mol. The number of carbonyl (C=O) groups excluding carboxylic acids is 1. The summed E-state index contributed by atoms with van der Waals surface area (Å²) >= 11 is 1.41. The summed E-state index contributed by atoms with van der Waals surface area (Å²) in [6.45, 7) is 2.33. The molecule has 1 aromatic heterocycles. The van der Waals surface area contributed by atoms with Crippen LogP contribution in [0.5, 0.6) is 0 Å². The predicted molar refractivity (Wildman–Crippen MR) is 67.8 cm³/mol. The van der Waals surface area contributed by atoms with E-state index in [1.165, 1.54) is 11.3 Å². The maximum Gasteiger partial charge on any atom is 0.284 e. The van der Waals surface area contributed by atoms with Crippen molar-refractivity contribution < 1.29 is 9.63 Å². The molecule has 0 aliphatic carbocycles. The Morgan fingerprint density at radius 2 is 2.12 bits per heavy atom. The second-order valence-electron chi connectivity index (χ2n) is 3.69. The SMILES string of the molecule is Cc1csc(C(=O)NOCc2ccccc2)c1. The highest BCUT2D eigenvalue weighted by molar-refractivity contribution is 7.12. The summed E-state index contributed by atoms with van der Waals surface area (Å²) in [5.74, 6) is -0.195. The molecule has 1 aromatic carbocycles. The van der Waals surface area contributed by atoms with Gasteiger partial charge in [-0.2, -0.15) is 0 Å². The highest BCUT2D eigenvalue weighted by Crippen LogP contribution is 2.13. The standard InChI is InChI=1S/C13H13NO2S/c1-10-7-12(17-9-10)13(15)14-16-8-11-5-3-2-4-6-11/h2-7,9H,8H2,1H3,(H,14,15). The molecule has 88 valence electrons. The fourth-order valence-electron chi connectivity index (χ4n) is 1.36. The number of hydroxylamine groups is 1. The van der Waals surface area contributed by atoms with Crippen molar-refractivity contribution in [2.75, 3.05) is 0 Å². The summed E-state index contributed by atoms with van der Waals surface area (Å²) in [5.41, 5.74) is 4.54. The van der Waals surface area contributed by atoms with Crippen LogP contribution in [0.25, 0.3) is 0 Å². The molecule has 2 aromatic rings. The number of thiophene rings is 1. The van der Waals surface area contributed by atoms with Gasteiger partial charge in [-0.3, -0.25) is 9.63 Å². The number of hydrogen-bond donors (Lipinski definition) is 1. The van der Waals surface area contributed by atoms with Crippen LogP contribution in [0.3, 0.4) is 0 Å². The molecule has 0 saturated heterocycles. The zero-order valence-electron chi connectivity index (χ0n) is 9.47. The third-order valence-corrected chi connectivity index (χ3v) is 3.25. The van der Waals surface area contributed by atoms with Gasteiger partial charge in [0.15, 0.2) is 0 Å². The molecule has 17 heavy (non-hydrogen) atoms. The van der Waals surface area contributed by atoms with Crippen molar-refractivity contribution in [2.45, 2.75) is 13.5 Å². The Kier molecular flexibility index (Phi) is 3.90. The van der Waals surface area contributed by atoms with Gasteiger partial charge in [-0.15, -0.1) is 11.3 Å². The van der Waals surface area contributed by atoms with E-state index in [1.54, 1.807) is 0 Å². The summed E-state index contributed by atoms with van der Waals surface area (Å²) < 4.78 is 0. The largest absolute Gasteiger partial charge is 0.284 e. The first-order valence-corrected chi connectivity index (χ1v) is 6.15. The minimum atomic E-state index is -0.195. The van der Waals surface area contributed by atoms with Crippen molar-refractivity contribution in [3.8, 4) is 0 Å². The Hall–Kier alpha value is -1.65. The first kappa shape index (κ1) is 11.8. The van der Waals surface area contributed by atoms with Crippen molar-refractivity contribution in [2.24, 2.45) is 0 Å². The van der Waals surface area contributed by atoms with Crippen molar-refractivity contribution in [1.82, 2.24) is 5.48 Å². The van der Waals surface area contributed by atoms with Gasteiger partial charge in [0, 0.05) is 0 Å². The molecule has 1 heterocycles. The Morgan fingerprint density at radius 3 is 2.76 bits per heavy atom. The van der Waals surface area contributed by atoms with Gasteiger partial charge in [0.25, 0.3) is 5.91 Å². The number of carbonyl (C=O) groups is 1. The Labute approximate surface area is 104 Å². The Bertz CT molecular complexity index is 493. The van der Waals surface area contributed by atoms with E-state index < -0.39 is 0 Å². The van der Waals surface area contributed by atoms with E-state index in [1.807, 2.05) is 48.7 Å². The minimum absolute atomic E-state index is 0.195. The number of nitrogens with one attached hydrogen (secondary N) is 1. The lowest BCUT2D eigenvalue weighted by Crippen LogP contribution is -2.22. The quantitative estimate of drug-likeness (QED) is 0.844. The van der Waals surface area contributed by atoms with E-state index in [0.29, 0.717) is 11.5 Å². The van der Waals surface area contributed by atoms with Crippen molar-refractivity contribution in [1.29, 1.82) is 0 Å². The van der Waals surface area contributed by atoms with Gasteiger partial charge in [-0.1, -0.05) is 30.3 Å². The summed E-state index contributed by atoms with van der Waals surface area (Å²) in [6.07, 6.45) is 0. The molecule has 0 unspecified atom stereocenters. The molecule has 3 nitrogen and oxygen atoms in total. The van der Waals surface area contributed by atoms with Gasteiger partial charge >= 0.3 is 0 Å². The molecule has 2 rings (SSSR count). The third kappa shape index (κ3) is 3.41. The number of rotatable bonds is 4. The van der Waals surface area contributed by atoms with Crippen LogP contribution in [0.1, 0.15) is 20.8 Å². The van der Waals surface area contributed by atoms with Gasteiger partial charge in [0.05, 0.1) is 11.5 Å². The van der Waals surface area contributed by atoms with E-state index in [-0.39, 0.29) is 5.91 Å². The van der Waals surface area contributed by atoms with Crippen molar-refractivity contribution in [3.63, 3.8) is 0 Å². The molecule has 0 radical (unpaired) electrons. The van der Waals surface area contributed by atoms with Crippen molar-refractivity contribution >= 4 is 17.2 Å². The normalized spacial score (nSPS) is 10.2. The van der Waals surface area contributed by atoms with Crippen LogP contribution in [0.2, 0.25) is 0 Å². The lowest BCUT2D eigenvalue weighted by Gasteiger charge is -2.04. The highest BCUT2D eigenvalue weighted by Gasteiger charge is 2.07. The number of amides is 1. The first-order chi connectivity index (χ1) is 8.25. The second kappa shape index (κ2) is 5.61. The van der Waals surface area contributed by atoms with E-state index >= 15 is 0 Å². The monoisotopic (exact) mass is 247 g/mol. The van der Waals surface area contributed by atoms with Crippen LogP contribution in [0.15, 0.2) is 41.8 Å². The smallest absolute Gasteiger partial charge is 0.269 e. The van der Waals surface area contributed by atoms with Crippen LogP contribution in [-0.2, 0) is 11.4 Å². The molecule has 1 amide bonds. The number of aryl methyl sites for hydroxylation is 1. The van der Waals surface area contributed by atoms with Gasteiger partial charge in [-0.25, -0.2) is 5.48 Å². The summed E-state index contributed by atoms with van der Waals surface area (Å²) in [7, 11) is 0. The van der Waals surface area contributed by atoms with Gasteiger partial charge in [0.1, 0.15) is 0 Å². The number of hydrogen-bond acceptors (Lipinski definition) is 3. The van der Waals surface area contributed by atoms with Crippen LogP contribution in [-0.4, -0.2) is 5.91 Å². The van der Waals surface area contributed by atoms with Crippen LogP contribution in [0.4, 0.5) is 0 Å². The topological polar surface area (TPSA) is 38.3 Å². The zero-order valence-corrected chi connectivity index (χ0v) is 10.3. The fraction of sp³-hybridized carbons (Fsp3) is 0.154. The molecule has 0 fully saturated rings. The molecule has 1 N–H and O–H groups in total. The van der Waals surface area contributed by atoms with E-state index in [9.17, 15) is 4.79 Å². The maximum absolute atomic E-state index is 11.6. The summed E-state index contributed by atoms with van der Waals surface area (Å²) in [6, 6.07) is 11.5. The molecule has 0 atom stereocenters. The third-order valence-electron chi connectivity index (χ3n) is 2.20. The second-order valence-corrected chi connectivity index (χ2v) is 4.60. The maximum atomic E-state index is 11.6. The molecule has 0 aliphatic heterocycles. The molecule has 0 spiro atoms. The molecule has 0 aliphatic rings. The fourth-order valence-corrected chi connectivity index (χ4v) is 2.14. The molecular weight excluding hydrogens is 234 g/mol. The van der Waals surface area contributed by atoms with Crippen LogP contribution >= 0.6 is 11.3 Å². The van der Waals surface area contributed by atoms with E-state index in [0.717, 1.165) is 11.1 Å². The van der Waals surface area contributed by atoms with Gasteiger partial charge in [-0.05, 0) is 29.5 Å². The minimum Gasteiger partial charge on any atom is -0.269 e. The van der Waals surface area contributed by atoms with Crippen molar-refractivity contribution in [3.05, 3.63) is 57.8 Å². The van der Waals surface area contributed by atoms with E-state index in [2.05, 4.69) is 5.48 Å². The van der Waals surface area contributed by atoms with Gasteiger partial charge in [0.2, 0.25) is 0 Å². The molecule has 0 saturated carbocycles. The lowest BCUT2D eigenvalue weighted by atomic mass is 10.2. The highest BCUT2D eigenvalue weighted by atomic mass is 32.1. The zero-order chi connectivity index (χ0) is 12.1. The Balaban J connectivity index is 1.81. The summed E-state index contributed by atoms with van der Waals surface area (Å²) in [5, 5.41) is 1.94.